The zero-order valence-electron chi connectivity index (χ0n) is 22.9. The standard InChI is InChI=1S/C30H25F7N2O4/c1-3-42-27(40)19-10-18(11-21(12-19)39-28(41)30(35,36)37)22-5-4-6-23(22)24-13-20(29(32,33)34)14-38-26(24)43-15-17-8-7-16(2)9-25(17)31/h7-14H,3-6,15H2,1-2H3,(H,39,41). The van der Waals surface area contributed by atoms with Crippen LogP contribution >= 0.6 is 0 Å². The van der Waals surface area contributed by atoms with Crippen molar-refractivity contribution in [2.45, 2.75) is 52.1 Å². The number of anilines is 1. The molecule has 43 heavy (non-hydrogen) atoms. The lowest BCUT2D eigenvalue weighted by Crippen LogP contribution is -2.30. The van der Waals surface area contributed by atoms with Crippen LogP contribution in [-0.2, 0) is 22.3 Å². The molecule has 0 saturated carbocycles. The minimum Gasteiger partial charge on any atom is -0.472 e. The van der Waals surface area contributed by atoms with Crippen molar-refractivity contribution in [1.82, 2.24) is 4.98 Å². The predicted molar refractivity (Wildman–Crippen MR) is 142 cm³/mol. The number of nitrogens with one attached hydrogen (secondary N) is 1. The summed E-state index contributed by atoms with van der Waals surface area (Å²) in [7, 11) is 0. The van der Waals surface area contributed by atoms with E-state index in [9.17, 15) is 40.3 Å². The molecule has 2 aromatic carbocycles. The number of aromatic nitrogens is 1. The van der Waals surface area contributed by atoms with E-state index in [1.165, 1.54) is 31.2 Å². The van der Waals surface area contributed by atoms with E-state index in [0.29, 0.717) is 29.3 Å². The highest BCUT2D eigenvalue weighted by atomic mass is 19.4. The summed E-state index contributed by atoms with van der Waals surface area (Å²) >= 11 is 0. The van der Waals surface area contributed by atoms with E-state index >= 15 is 0 Å². The van der Waals surface area contributed by atoms with Gasteiger partial charge in [0.05, 0.1) is 17.7 Å². The molecule has 6 nitrogen and oxygen atoms in total. The quantitative estimate of drug-likeness (QED) is 0.207. The van der Waals surface area contributed by atoms with E-state index < -0.39 is 35.6 Å². The number of esters is 1. The van der Waals surface area contributed by atoms with Gasteiger partial charge in [0.25, 0.3) is 0 Å². The molecule has 1 aliphatic carbocycles. The van der Waals surface area contributed by atoms with E-state index in [0.717, 1.165) is 12.1 Å². The maximum Gasteiger partial charge on any atom is 0.471 e. The van der Waals surface area contributed by atoms with Gasteiger partial charge >= 0.3 is 24.2 Å². The zero-order valence-corrected chi connectivity index (χ0v) is 22.9. The topological polar surface area (TPSA) is 77.5 Å². The predicted octanol–water partition coefficient (Wildman–Crippen LogP) is 7.90. The van der Waals surface area contributed by atoms with Crippen molar-refractivity contribution in [3.8, 4) is 5.88 Å². The van der Waals surface area contributed by atoms with E-state index in [-0.39, 0.29) is 59.9 Å². The number of nitrogens with zero attached hydrogens (tertiary/aromatic N) is 1. The van der Waals surface area contributed by atoms with E-state index in [1.807, 2.05) is 0 Å². The number of halogens is 7. The Labute approximate surface area is 241 Å². The van der Waals surface area contributed by atoms with Crippen LogP contribution in [0.4, 0.5) is 36.4 Å². The number of carbonyl (C=O) groups excluding carboxylic acids is 2. The summed E-state index contributed by atoms with van der Waals surface area (Å²) < 4.78 is 105. The molecule has 0 spiro atoms. The summed E-state index contributed by atoms with van der Waals surface area (Å²) in [4.78, 5) is 28.0. The first-order chi connectivity index (χ1) is 20.2. The first kappa shape index (κ1) is 31.5. The van der Waals surface area contributed by atoms with Crippen LogP contribution in [0.3, 0.4) is 0 Å². The van der Waals surface area contributed by atoms with Crippen LogP contribution < -0.4 is 10.1 Å². The number of carbonyl (C=O) groups is 2. The van der Waals surface area contributed by atoms with Crippen molar-refractivity contribution in [2.75, 3.05) is 11.9 Å². The van der Waals surface area contributed by atoms with Crippen molar-refractivity contribution in [2.24, 2.45) is 0 Å². The van der Waals surface area contributed by atoms with Crippen molar-refractivity contribution >= 4 is 28.7 Å². The van der Waals surface area contributed by atoms with Crippen molar-refractivity contribution in [3.63, 3.8) is 0 Å². The molecule has 13 heteroatoms. The molecule has 1 aromatic heterocycles. The van der Waals surface area contributed by atoms with Gasteiger partial charge in [-0.05, 0) is 85.7 Å². The normalized spacial score (nSPS) is 13.7. The first-order valence-corrected chi connectivity index (χ1v) is 13.1. The third-order valence-corrected chi connectivity index (χ3v) is 6.60. The molecule has 3 aromatic rings. The first-order valence-electron chi connectivity index (χ1n) is 13.1. The zero-order chi connectivity index (χ0) is 31.5. The van der Waals surface area contributed by atoms with Crippen LogP contribution in [0.15, 0.2) is 48.7 Å². The third-order valence-electron chi connectivity index (χ3n) is 6.60. The van der Waals surface area contributed by atoms with Gasteiger partial charge in [0.1, 0.15) is 12.4 Å². The molecule has 0 aliphatic heterocycles. The van der Waals surface area contributed by atoms with Gasteiger partial charge in [-0.3, -0.25) is 4.79 Å². The molecule has 0 radical (unpaired) electrons. The third kappa shape index (κ3) is 7.51. The van der Waals surface area contributed by atoms with E-state index in [2.05, 4.69) is 4.98 Å². The van der Waals surface area contributed by atoms with Gasteiger partial charge in [0.15, 0.2) is 0 Å². The second-order valence-electron chi connectivity index (χ2n) is 9.74. The smallest absolute Gasteiger partial charge is 0.471 e. The summed E-state index contributed by atoms with van der Waals surface area (Å²) in [6, 6.07) is 8.77. The maximum absolute atomic E-state index is 14.4. The summed E-state index contributed by atoms with van der Waals surface area (Å²) in [5.74, 6) is -3.94. The SMILES string of the molecule is CCOC(=O)c1cc(NC(=O)C(F)(F)F)cc(C2=C(c3cc(C(F)(F)F)cnc3OCc3ccc(C)cc3F)CCC2)c1. The number of allylic oxidation sites excluding steroid dienone is 2. The largest absolute Gasteiger partial charge is 0.472 e. The monoisotopic (exact) mass is 610 g/mol. The molecule has 4 rings (SSSR count). The highest BCUT2D eigenvalue weighted by Gasteiger charge is 2.39. The highest BCUT2D eigenvalue weighted by Crippen LogP contribution is 2.44. The fraction of sp³-hybridized carbons (Fsp3) is 0.300. The Morgan fingerprint density at radius 1 is 0.977 bits per heavy atom. The average molecular weight is 611 g/mol. The van der Waals surface area contributed by atoms with Crippen molar-refractivity contribution < 1.29 is 49.8 Å². The summed E-state index contributed by atoms with van der Waals surface area (Å²) in [6.07, 6.45) is -8.43. The Morgan fingerprint density at radius 2 is 1.70 bits per heavy atom. The second-order valence-corrected chi connectivity index (χ2v) is 9.74. The fourth-order valence-electron chi connectivity index (χ4n) is 4.62. The number of rotatable bonds is 8. The molecule has 1 aliphatic rings. The van der Waals surface area contributed by atoms with E-state index in [4.69, 9.17) is 9.47 Å². The lowest BCUT2D eigenvalue weighted by Gasteiger charge is -2.17. The van der Waals surface area contributed by atoms with Crippen LogP contribution in [0.5, 0.6) is 5.88 Å². The van der Waals surface area contributed by atoms with E-state index in [1.54, 1.807) is 18.3 Å². The Bertz CT molecular complexity index is 1580. The molecule has 0 saturated heterocycles. The minimum absolute atomic E-state index is 0.0422. The Morgan fingerprint density at radius 3 is 2.35 bits per heavy atom. The number of pyridine rings is 1. The average Bonchev–Trinajstić information content (AvgIpc) is 3.41. The number of alkyl halides is 6. The summed E-state index contributed by atoms with van der Waals surface area (Å²) in [5.41, 5.74) is 0.0684. The lowest BCUT2D eigenvalue weighted by molar-refractivity contribution is -0.167. The lowest BCUT2D eigenvalue weighted by atomic mass is 9.95. The number of hydrogen-bond donors (Lipinski definition) is 1. The Hall–Kier alpha value is -4.42. The molecule has 0 atom stereocenters. The molecule has 0 fully saturated rings. The highest BCUT2D eigenvalue weighted by molar-refractivity contribution is 6.00. The van der Waals surface area contributed by atoms with Gasteiger partial charge in [0, 0.05) is 23.0 Å². The molecule has 228 valence electrons. The van der Waals surface area contributed by atoms with Gasteiger partial charge in [0.2, 0.25) is 5.88 Å². The van der Waals surface area contributed by atoms with Crippen LogP contribution in [0, 0.1) is 12.7 Å². The number of aryl methyl sites for hydroxylation is 1. The van der Waals surface area contributed by atoms with Crippen molar-refractivity contribution in [1.29, 1.82) is 0 Å². The molecule has 1 amide bonds. The van der Waals surface area contributed by atoms with Crippen LogP contribution in [0.2, 0.25) is 0 Å². The maximum atomic E-state index is 14.4. The minimum atomic E-state index is -5.22. The van der Waals surface area contributed by atoms with Crippen LogP contribution in [0.1, 0.15) is 64.4 Å². The molecule has 1 heterocycles. The fourth-order valence-corrected chi connectivity index (χ4v) is 4.62. The number of benzene rings is 2. The molecule has 0 bridgehead atoms. The molecular weight excluding hydrogens is 585 g/mol. The van der Waals surface area contributed by atoms with Crippen LogP contribution in [0.25, 0.3) is 11.1 Å². The van der Waals surface area contributed by atoms with Gasteiger partial charge in [-0.15, -0.1) is 0 Å². The van der Waals surface area contributed by atoms with Crippen molar-refractivity contribution in [3.05, 3.63) is 87.9 Å². The van der Waals surface area contributed by atoms with Crippen LogP contribution in [-0.4, -0.2) is 29.6 Å². The molecule has 0 unspecified atom stereocenters. The van der Waals surface area contributed by atoms with Gasteiger partial charge in [-0.1, -0.05) is 12.1 Å². The van der Waals surface area contributed by atoms with Gasteiger partial charge < -0.3 is 14.8 Å². The Kier molecular flexibility index (Phi) is 9.12. The van der Waals surface area contributed by atoms with Gasteiger partial charge in [-0.25, -0.2) is 14.2 Å². The molecular formula is C30H25F7N2O4. The number of ether oxygens (including phenoxy) is 2. The second kappa shape index (κ2) is 12.4. The summed E-state index contributed by atoms with van der Waals surface area (Å²) in [5, 5.41) is 1.71. The number of amides is 1. The van der Waals surface area contributed by atoms with Gasteiger partial charge in [-0.2, -0.15) is 26.3 Å². The summed E-state index contributed by atoms with van der Waals surface area (Å²) in [6.45, 7) is 2.83. The number of hydrogen-bond acceptors (Lipinski definition) is 5. The molecule has 1 N–H and O–H groups in total. The Balaban J connectivity index is 1.83.